The summed E-state index contributed by atoms with van der Waals surface area (Å²) in [6.45, 7) is 8.69. The van der Waals surface area contributed by atoms with Crippen LogP contribution in [0, 0.1) is 13.8 Å². The van der Waals surface area contributed by atoms with Gasteiger partial charge in [0.15, 0.2) is 0 Å². The Hall–Kier alpha value is -1.56. The summed E-state index contributed by atoms with van der Waals surface area (Å²) in [7, 11) is 0. The average Bonchev–Trinajstić information content (AvgIpc) is 2.25. The first-order chi connectivity index (χ1) is 7.59. The van der Waals surface area contributed by atoms with E-state index < -0.39 is 0 Å². The Kier molecular flexibility index (Phi) is 2.82. The molecule has 16 heavy (non-hydrogen) atoms. The van der Waals surface area contributed by atoms with Crippen LogP contribution in [0.5, 0.6) is 0 Å². The molecule has 0 fully saturated rings. The molecule has 1 aromatic rings. The second-order valence-electron chi connectivity index (χ2n) is 4.55. The summed E-state index contributed by atoms with van der Waals surface area (Å²) in [6, 6.07) is 4.41. The first-order valence-electron chi connectivity index (χ1n) is 5.73. The lowest BCUT2D eigenvalue weighted by Crippen LogP contribution is -1.92. The highest BCUT2D eigenvalue weighted by Crippen LogP contribution is 2.25. The van der Waals surface area contributed by atoms with Crippen molar-refractivity contribution in [2.45, 2.75) is 27.7 Å². The molecule has 0 saturated carbocycles. The second kappa shape index (κ2) is 4.13. The highest BCUT2D eigenvalue weighted by molar-refractivity contribution is 5.73. The summed E-state index contributed by atoms with van der Waals surface area (Å²) in [5.74, 6) is 0. The van der Waals surface area contributed by atoms with Gasteiger partial charge in [-0.25, -0.2) is 0 Å². The molecule has 0 aliphatic heterocycles. The van der Waals surface area contributed by atoms with E-state index in [9.17, 15) is 0 Å². The lowest BCUT2D eigenvalue weighted by Gasteiger charge is -2.12. The van der Waals surface area contributed by atoms with Gasteiger partial charge < -0.3 is 0 Å². The van der Waals surface area contributed by atoms with Gasteiger partial charge in [-0.15, -0.1) is 0 Å². The molecule has 0 amide bonds. The molecule has 2 rings (SSSR count). The summed E-state index contributed by atoms with van der Waals surface area (Å²) in [5.41, 5.74) is 8.09. The first-order valence-corrected chi connectivity index (χ1v) is 5.73. The molecular formula is C16H18. The predicted octanol–water partition coefficient (Wildman–Crippen LogP) is 4.68. The summed E-state index contributed by atoms with van der Waals surface area (Å²) in [6.07, 6.45) is 8.81. The van der Waals surface area contributed by atoms with Crippen molar-refractivity contribution in [3.8, 4) is 0 Å². The van der Waals surface area contributed by atoms with Crippen molar-refractivity contribution < 1.29 is 0 Å². The maximum absolute atomic E-state index is 2.27. The van der Waals surface area contributed by atoms with Crippen LogP contribution < -0.4 is 0 Å². The van der Waals surface area contributed by atoms with Gasteiger partial charge in [0.05, 0.1) is 0 Å². The van der Waals surface area contributed by atoms with E-state index in [0.717, 1.165) is 0 Å². The number of fused-ring (bicyclic) bond motifs is 1. The van der Waals surface area contributed by atoms with Gasteiger partial charge in [0.1, 0.15) is 0 Å². The Morgan fingerprint density at radius 3 is 2.38 bits per heavy atom. The van der Waals surface area contributed by atoms with Crippen molar-refractivity contribution >= 4 is 12.2 Å². The quantitative estimate of drug-likeness (QED) is 0.583. The van der Waals surface area contributed by atoms with Crippen LogP contribution in [0.25, 0.3) is 12.2 Å². The van der Waals surface area contributed by atoms with Crippen LogP contribution in [0.4, 0.5) is 0 Å². The van der Waals surface area contributed by atoms with E-state index >= 15 is 0 Å². The SMILES string of the molecule is CC1=C/C=C\c2c(ccc(C)c2C)C=C1C. The van der Waals surface area contributed by atoms with Crippen molar-refractivity contribution in [2.75, 3.05) is 0 Å². The zero-order valence-electron chi connectivity index (χ0n) is 10.5. The lowest BCUT2D eigenvalue weighted by atomic mass is 9.93. The largest absolute Gasteiger partial charge is 0.0614 e. The average molecular weight is 210 g/mol. The van der Waals surface area contributed by atoms with E-state index in [1.54, 1.807) is 0 Å². The molecule has 1 aliphatic rings. The maximum Gasteiger partial charge on any atom is -0.0152 e. The van der Waals surface area contributed by atoms with Crippen molar-refractivity contribution in [2.24, 2.45) is 0 Å². The molecule has 0 spiro atoms. The van der Waals surface area contributed by atoms with E-state index in [2.05, 4.69) is 64.1 Å². The van der Waals surface area contributed by atoms with Crippen LogP contribution in [-0.4, -0.2) is 0 Å². The standard InChI is InChI=1S/C16H18/c1-11-6-5-7-16-14(4)12(2)8-9-15(16)10-13(11)3/h5-10H,1-4H3/b6-5?,7-5-,11-6?,13-10?,13-11?,15-10?,16-7?. The Morgan fingerprint density at radius 2 is 1.62 bits per heavy atom. The van der Waals surface area contributed by atoms with Gasteiger partial charge in [0.2, 0.25) is 0 Å². The third-order valence-electron chi connectivity index (χ3n) is 3.42. The molecule has 0 nitrogen and oxygen atoms in total. The Morgan fingerprint density at radius 1 is 0.875 bits per heavy atom. The smallest absolute Gasteiger partial charge is 0.0152 e. The predicted molar refractivity (Wildman–Crippen MR) is 72.4 cm³/mol. The topological polar surface area (TPSA) is 0 Å². The maximum atomic E-state index is 2.27. The fourth-order valence-corrected chi connectivity index (χ4v) is 1.97. The zero-order chi connectivity index (χ0) is 11.7. The third-order valence-corrected chi connectivity index (χ3v) is 3.42. The van der Waals surface area contributed by atoms with Crippen molar-refractivity contribution in [3.05, 3.63) is 57.7 Å². The van der Waals surface area contributed by atoms with Crippen LogP contribution in [-0.2, 0) is 0 Å². The minimum atomic E-state index is 1.32. The van der Waals surface area contributed by atoms with Gasteiger partial charge in [-0.2, -0.15) is 0 Å². The molecule has 0 heterocycles. The molecule has 0 atom stereocenters. The van der Waals surface area contributed by atoms with E-state index in [4.69, 9.17) is 0 Å². The summed E-state index contributed by atoms with van der Waals surface area (Å²) in [5, 5.41) is 0. The molecular weight excluding hydrogens is 192 g/mol. The van der Waals surface area contributed by atoms with Gasteiger partial charge in [-0.3, -0.25) is 0 Å². The Bertz CT molecular complexity index is 511. The summed E-state index contributed by atoms with van der Waals surface area (Å²) >= 11 is 0. The Labute approximate surface area is 98.0 Å². The molecule has 0 aromatic heterocycles. The van der Waals surface area contributed by atoms with E-state index in [0.29, 0.717) is 0 Å². The van der Waals surface area contributed by atoms with Crippen molar-refractivity contribution in [1.29, 1.82) is 0 Å². The van der Waals surface area contributed by atoms with E-state index in [1.807, 2.05) is 0 Å². The second-order valence-corrected chi connectivity index (χ2v) is 4.55. The molecule has 0 N–H and O–H groups in total. The summed E-state index contributed by atoms with van der Waals surface area (Å²) in [4.78, 5) is 0. The third kappa shape index (κ3) is 1.88. The molecule has 0 radical (unpaired) electrons. The molecule has 0 heteroatoms. The van der Waals surface area contributed by atoms with Gasteiger partial charge in [0.25, 0.3) is 0 Å². The normalized spacial score (nSPS) is 16.8. The van der Waals surface area contributed by atoms with Gasteiger partial charge in [-0.05, 0) is 61.1 Å². The van der Waals surface area contributed by atoms with Gasteiger partial charge in [0, 0.05) is 0 Å². The number of hydrogen-bond acceptors (Lipinski definition) is 0. The molecule has 1 aliphatic carbocycles. The summed E-state index contributed by atoms with van der Waals surface area (Å²) < 4.78 is 0. The van der Waals surface area contributed by atoms with Gasteiger partial charge in [-0.1, -0.05) is 36.4 Å². The minimum absolute atomic E-state index is 1.32. The van der Waals surface area contributed by atoms with Crippen LogP contribution in [0.15, 0.2) is 35.4 Å². The number of aryl methyl sites for hydroxylation is 1. The minimum Gasteiger partial charge on any atom is -0.0614 e. The highest BCUT2D eigenvalue weighted by atomic mass is 14.1. The fraction of sp³-hybridized carbons (Fsp3) is 0.250. The molecule has 0 unspecified atom stereocenters. The monoisotopic (exact) mass is 210 g/mol. The fourth-order valence-electron chi connectivity index (χ4n) is 1.97. The van der Waals surface area contributed by atoms with Crippen LogP contribution in [0.1, 0.15) is 36.1 Å². The van der Waals surface area contributed by atoms with Crippen LogP contribution in [0.2, 0.25) is 0 Å². The van der Waals surface area contributed by atoms with E-state index in [1.165, 1.54) is 33.4 Å². The highest BCUT2D eigenvalue weighted by Gasteiger charge is 2.05. The lowest BCUT2D eigenvalue weighted by molar-refractivity contribution is 1.30. The Balaban J connectivity index is 2.68. The molecule has 0 bridgehead atoms. The molecule has 82 valence electrons. The van der Waals surface area contributed by atoms with Crippen molar-refractivity contribution in [3.63, 3.8) is 0 Å². The van der Waals surface area contributed by atoms with Crippen molar-refractivity contribution in [1.82, 2.24) is 0 Å². The number of benzene rings is 1. The number of allylic oxidation sites excluding steroid dienone is 4. The van der Waals surface area contributed by atoms with Gasteiger partial charge >= 0.3 is 0 Å². The number of rotatable bonds is 0. The molecule has 1 aromatic carbocycles. The van der Waals surface area contributed by atoms with Crippen LogP contribution in [0.3, 0.4) is 0 Å². The van der Waals surface area contributed by atoms with Crippen LogP contribution >= 0.6 is 0 Å². The molecule has 0 saturated heterocycles. The van der Waals surface area contributed by atoms with E-state index in [-0.39, 0.29) is 0 Å². The number of hydrogen-bond donors (Lipinski definition) is 0. The first kappa shape index (κ1) is 10.9. The zero-order valence-corrected chi connectivity index (χ0v) is 10.5.